The molecular formula is C15H10ClN3O2. The van der Waals surface area contributed by atoms with E-state index >= 15 is 0 Å². The molecule has 3 aromatic rings. The summed E-state index contributed by atoms with van der Waals surface area (Å²) in [7, 11) is 0. The van der Waals surface area contributed by atoms with E-state index in [4.69, 9.17) is 11.6 Å². The second-order valence-corrected chi connectivity index (χ2v) is 4.77. The normalized spacial score (nSPS) is 10.5. The second-order valence-electron chi connectivity index (χ2n) is 4.34. The van der Waals surface area contributed by atoms with Crippen LogP contribution in [0.25, 0.3) is 22.6 Å². The molecule has 2 aromatic heterocycles. The van der Waals surface area contributed by atoms with Gasteiger partial charge in [0.05, 0.1) is 0 Å². The highest BCUT2D eigenvalue weighted by Gasteiger charge is 2.14. The molecule has 0 spiro atoms. The van der Waals surface area contributed by atoms with E-state index in [0.29, 0.717) is 16.3 Å². The van der Waals surface area contributed by atoms with Crippen LogP contribution in [0.1, 0.15) is 0 Å². The molecule has 6 heteroatoms. The average Bonchev–Trinajstić information content (AvgIpc) is 2.47. The number of nitrogens with one attached hydrogen (secondary N) is 1. The third-order valence-corrected chi connectivity index (χ3v) is 3.16. The quantitative estimate of drug-likeness (QED) is 0.762. The van der Waals surface area contributed by atoms with E-state index in [2.05, 4.69) is 15.0 Å². The maximum absolute atomic E-state index is 12.2. The first-order valence-electron chi connectivity index (χ1n) is 6.16. The molecule has 0 aliphatic carbocycles. The number of rotatable bonds is 2. The Balaban J connectivity index is 2.16. The van der Waals surface area contributed by atoms with Crippen LogP contribution in [0.2, 0.25) is 5.02 Å². The number of pyridine rings is 1. The Kier molecular flexibility index (Phi) is 3.41. The Hall–Kier alpha value is -2.66. The number of aromatic amines is 1. The molecule has 5 nitrogen and oxygen atoms in total. The van der Waals surface area contributed by atoms with Gasteiger partial charge in [0.15, 0.2) is 5.82 Å². The molecule has 0 radical (unpaired) electrons. The molecule has 104 valence electrons. The zero-order chi connectivity index (χ0) is 14.8. The van der Waals surface area contributed by atoms with Gasteiger partial charge < -0.3 is 10.1 Å². The van der Waals surface area contributed by atoms with Gasteiger partial charge in [0.25, 0.3) is 5.56 Å². The van der Waals surface area contributed by atoms with E-state index in [1.165, 1.54) is 0 Å². The van der Waals surface area contributed by atoms with Gasteiger partial charge in [-0.3, -0.25) is 9.78 Å². The molecule has 0 aliphatic heterocycles. The van der Waals surface area contributed by atoms with Gasteiger partial charge in [0.2, 0.25) is 5.88 Å². The molecule has 0 unspecified atom stereocenters. The van der Waals surface area contributed by atoms with Gasteiger partial charge in [0.1, 0.15) is 11.3 Å². The minimum atomic E-state index is -0.453. The molecule has 0 fully saturated rings. The number of halogens is 1. The fourth-order valence-corrected chi connectivity index (χ4v) is 2.18. The van der Waals surface area contributed by atoms with Crippen LogP contribution < -0.4 is 5.56 Å². The Bertz CT molecular complexity index is 847. The van der Waals surface area contributed by atoms with Crippen LogP contribution in [0.5, 0.6) is 5.88 Å². The summed E-state index contributed by atoms with van der Waals surface area (Å²) in [5.41, 5.74) is 0.603. The van der Waals surface area contributed by atoms with Gasteiger partial charge in [-0.25, -0.2) is 0 Å². The van der Waals surface area contributed by atoms with Crippen LogP contribution >= 0.6 is 11.6 Å². The van der Waals surface area contributed by atoms with Gasteiger partial charge in [-0.2, -0.15) is 4.98 Å². The van der Waals surface area contributed by atoms with E-state index in [0.717, 1.165) is 0 Å². The lowest BCUT2D eigenvalue weighted by Crippen LogP contribution is -2.12. The molecule has 0 saturated heterocycles. The predicted octanol–water partition coefficient (Wildman–Crippen LogP) is 2.86. The van der Waals surface area contributed by atoms with Crippen molar-refractivity contribution in [2.45, 2.75) is 0 Å². The number of hydrogen-bond acceptors (Lipinski definition) is 4. The van der Waals surface area contributed by atoms with Crippen molar-refractivity contribution >= 4 is 11.6 Å². The van der Waals surface area contributed by atoms with Crippen molar-refractivity contribution in [2.24, 2.45) is 0 Å². The first kappa shape index (κ1) is 13.3. The highest BCUT2D eigenvalue weighted by Crippen LogP contribution is 2.26. The lowest BCUT2D eigenvalue weighted by molar-refractivity contribution is 0.454. The lowest BCUT2D eigenvalue weighted by atomic mass is 10.1. The molecule has 0 aliphatic rings. The van der Waals surface area contributed by atoms with Crippen molar-refractivity contribution < 1.29 is 5.11 Å². The van der Waals surface area contributed by atoms with Crippen molar-refractivity contribution in [1.82, 2.24) is 15.0 Å². The summed E-state index contributed by atoms with van der Waals surface area (Å²) in [6.07, 6.45) is 1.58. The van der Waals surface area contributed by atoms with Gasteiger partial charge in [-0.05, 0) is 29.8 Å². The van der Waals surface area contributed by atoms with Crippen LogP contribution in [0.3, 0.4) is 0 Å². The van der Waals surface area contributed by atoms with E-state index in [-0.39, 0.29) is 17.3 Å². The molecule has 3 rings (SSSR count). The van der Waals surface area contributed by atoms with Crippen LogP contribution in [-0.4, -0.2) is 20.1 Å². The van der Waals surface area contributed by atoms with E-state index < -0.39 is 5.56 Å². The van der Waals surface area contributed by atoms with Crippen molar-refractivity contribution in [2.75, 3.05) is 0 Å². The predicted molar refractivity (Wildman–Crippen MR) is 80.2 cm³/mol. The Morgan fingerprint density at radius 1 is 1.14 bits per heavy atom. The van der Waals surface area contributed by atoms with E-state index in [9.17, 15) is 9.90 Å². The number of aromatic hydroxyl groups is 1. The number of aromatic nitrogens is 3. The Morgan fingerprint density at radius 3 is 2.67 bits per heavy atom. The van der Waals surface area contributed by atoms with Crippen LogP contribution in [-0.2, 0) is 0 Å². The molecular weight excluding hydrogens is 290 g/mol. The van der Waals surface area contributed by atoms with Crippen molar-refractivity contribution in [3.05, 3.63) is 64.0 Å². The average molecular weight is 300 g/mol. The van der Waals surface area contributed by atoms with Crippen LogP contribution in [0, 0.1) is 0 Å². The van der Waals surface area contributed by atoms with Gasteiger partial charge in [-0.15, -0.1) is 0 Å². The van der Waals surface area contributed by atoms with E-state index in [1.807, 2.05) is 0 Å². The number of nitrogens with zero attached hydrogens (tertiary/aromatic N) is 2. The smallest absolute Gasteiger partial charge is 0.262 e. The van der Waals surface area contributed by atoms with Crippen molar-refractivity contribution in [3.8, 4) is 28.5 Å². The molecule has 2 heterocycles. The monoisotopic (exact) mass is 299 g/mol. The standard InChI is InChI=1S/C15H10ClN3O2/c16-10-5-3-4-9(8-10)12-14(20)18-13(19-15(12)21)11-6-1-2-7-17-11/h1-8H,(H2,18,19,20,21). The number of H-pyrrole nitrogens is 1. The summed E-state index contributed by atoms with van der Waals surface area (Å²) in [5.74, 6) is -0.148. The van der Waals surface area contributed by atoms with Crippen LogP contribution in [0.15, 0.2) is 53.5 Å². The fraction of sp³-hybridized carbons (Fsp3) is 0. The fourth-order valence-electron chi connectivity index (χ4n) is 1.99. The minimum absolute atomic E-state index is 0.0807. The third kappa shape index (κ3) is 2.64. The summed E-state index contributed by atoms with van der Waals surface area (Å²) in [6.45, 7) is 0. The van der Waals surface area contributed by atoms with E-state index in [1.54, 1.807) is 48.7 Å². The largest absolute Gasteiger partial charge is 0.493 e. The maximum Gasteiger partial charge on any atom is 0.262 e. The maximum atomic E-state index is 12.2. The summed E-state index contributed by atoms with van der Waals surface area (Å²) < 4.78 is 0. The summed E-state index contributed by atoms with van der Waals surface area (Å²) >= 11 is 5.90. The molecule has 0 bridgehead atoms. The molecule has 21 heavy (non-hydrogen) atoms. The van der Waals surface area contributed by atoms with Crippen LogP contribution in [0.4, 0.5) is 0 Å². The molecule has 0 atom stereocenters. The van der Waals surface area contributed by atoms with Gasteiger partial charge in [-0.1, -0.05) is 29.8 Å². The zero-order valence-electron chi connectivity index (χ0n) is 10.7. The lowest BCUT2D eigenvalue weighted by Gasteiger charge is -2.06. The number of benzene rings is 1. The Labute approximate surface area is 124 Å². The van der Waals surface area contributed by atoms with Crippen molar-refractivity contribution in [3.63, 3.8) is 0 Å². The molecule has 1 aromatic carbocycles. The minimum Gasteiger partial charge on any atom is -0.493 e. The first-order valence-corrected chi connectivity index (χ1v) is 6.53. The first-order chi connectivity index (χ1) is 10.1. The summed E-state index contributed by atoms with van der Waals surface area (Å²) in [6, 6.07) is 11.9. The van der Waals surface area contributed by atoms with Gasteiger partial charge in [0, 0.05) is 11.2 Å². The third-order valence-electron chi connectivity index (χ3n) is 2.92. The van der Waals surface area contributed by atoms with Gasteiger partial charge >= 0.3 is 0 Å². The molecule has 0 saturated carbocycles. The summed E-state index contributed by atoms with van der Waals surface area (Å²) in [4.78, 5) is 22.9. The molecule has 2 N–H and O–H groups in total. The SMILES string of the molecule is O=c1[nH]c(-c2ccccn2)nc(O)c1-c1cccc(Cl)c1. The highest BCUT2D eigenvalue weighted by atomic mass is 35.5. The summed E-state index contributed by atoms with van der Waals surface area (Å²) in [5, 5.41) is 10.5. The van der Waals surface area contributed by atoms with Crippen molar-refractivity contribution in [1.29, 1.82) is 0 Å². The Morgan fingerprint density at radius 2 is 2.00 bits per heavy atom. The topological polar surface area (TPSA) is 78.9 Å². The number of hydrogen-bond donors (Lipinski definition) is 2. The second kappa shape index (κ2) is 5.38. The highest BCUT2D eigenvalue weighted by molar-refractivity contribution is 6.30. The zero-order valence-corrected chi connectivity index (χ0v) is 11.5. The molecule has 0 amide bonds.